The smallest absolute Gasteiger partial charge is 0.229 e. The summed E-state index contributed by atoms with van der Waals surface area (Å²) in [7, 11) is 1.58. The molecule has 5 rings (SSSR count). The fourth-order valence-corrected chi connectivity index (χ4v) is 5.65. The Morgan fingerprint density at radius 2 is 1.80 bits per heavy atom. The Morgan fingerprint density at radius 1 is 1.07 bits per heavy atom. The number of methoxy groups -OCH3 is 1. The first-order chi connectivity index (χ1) is 19.5. The van der Waals surface area contributed by atoms with Gasteiger partial charge in [0.2, 0.25) is 5.91 Å². The molecule has 0 unspecified atom stereocenters. The lowest BCUT2D eigenvalue weighted by Gasteiger charge is -2.29. The van der Waals surface area contributed by atoms with E-state index in [1.165, 1.54) is 0 Å². The van der Waals surface area contributed by atoms with Gasteiger partial charge in [0, 0.05) is 34.8 Å². The van der Waals surface area contributed by atoms with Gasteiger partial charge in [0.25, 0.3) is 0 Å². The van der Waals surface area contributed by atoms with E-state index in [1.807, 2.05) is 82.3 Å². The van der Waals surface area contributed by atoms with Crippen LogP contribution in [-0.4, -0.2) is 32.8 Å². The van der Waals surface area contributed by atoms with Crippen molar-refractivity contribution in [1.29, 1.82) is 0 Å². The number of phenols is 1. The number of rotatable bonds is 6. The molecule has 1 fully saturated rings. The van der Waals surface area contributed by atoms with E-state index in [9.17, 15) is 9.90 Å². The zero-order chi connectivity index (χ0) is 29.5. The molecule has 4 aromatic rings. The van der Waals surface area contributed by atoms with Crippen molar-refractivity contribution in [3.05, 3.63) is 95.6 Å². The molecule has 212 valence electrons. The number of hydrogen-bond acceptors (Lipinski definition) is 5. The van der Waals surface area contributed by atoms with Crippen molar-refractivity contribution in [3.8, 4) is 17.2 Å². The van der Waals surface area contributed by atoms with Gasteiger partial charge in [-0.3, -0.25) is 9.78 Å². The standard InChI is InChI=1S/C32H35N5O3S/c1-19-17-22(20(2)36(19)25-12-7-8-13-26(25)38)29-28(24-11-9-10-16-33-24)35-31(41)37(29)21-14-15-23(27(18-21)40-6)34-30(39)32(3,4)5/h7-18,28-29,38H,1-6H3,(H,34,39)(H,35,41)/t28-,29+/m0/s1. The minimum atomic E-state index is -0.555. The van der Waals surface area contributed by atoms with Gasteiger partial charge in [-0.05, 0) is 74.1 Å². The van der Waals surface area contributed by atoms with E-state index in [2.05, 4.69) is 38.1 Å². The summed E-state index contributed by atoms with van der Waals surface area (Å²) >= 11 is 5.93. The highest BCUT2D eigenvalue weighted by Crippen LogP contribution is 2.45. The highest BCUT2D eigenvalue weighted by Gasteiger charge is 2.42. The zero-order valence-corrected chi connectivity index (χ0v) is 24.9. The van der Waals surface area contributed by atoms with E-state index in [0.717, 1.165) is 28.3 Å². The van der Waals surface area contributed by atoms with Crippen LogP contribution in [-0.2, 0) is 4.79 Å². The fourth-order valence-electron chi connectivity index (χ4n) is 5.30. The summed E-state index contributed by atoms with van der Waals surface area (Å²) in [6.07, 6.45) is 1.78. The lowest BCUT2D eigenvalue weighted by molar-refractivity contribution is -0.123. The zero-order valence-electron chi connectivity index (χ0n) is 24.1. The van der Waals surface area contributed by atoms with Crippen molar-refractivity contribution in [2.24, 2.45) is 5.41 Å². The number of aryl methyl sites for hydroxylation is 1. The van der Waals surface area contributed by atoms with Crippen molar-refractivity contribution >= 4 is 34.6 Å². The minimum absolute atomic E-state index is 0.105. The molecule has 3 heterocycles. The van der Waals surface area contributed by atoms with Crippen LogP contribution in [0.3, 0.4) is 0 Å². The number of aromatic hydroxyl groups is 1. The van der Waals surface area contributed by atoms with Gasteiger partial charge < -0.3 is 29.9 Å². The van der Waals surface area contributed by atoms with Crippen molar-refractivity contribution < 1.29 is 14.6 Å². The number of amides is 1. The van der Waals surface area contributed by atoms with Crippen LogP contribution in [0.2, 0.25) is 0 Å². The molecule has 9 heteroatoms. The number of carbonyl (C=O) groups is 1. The SMILES string of the molecule is COc1cc(N2C(=S)N[C@@H](c3ccccn3)[C@H]2c2cc(C)n(-c3ccccc3O)c2C)ccc1NC(=O)C(C)(C)C. The second kappa shape index (κ2) is 10.9. The highest BCUT2D eigenvalue weighted by molar-refractivity contribution is 7.80. The number of pyridine rings is 1. The number of ether oxygens (including phenoxy) is 1. The summed E-state index contributed by atoms with van der Waals surface area (Å²) in [5.74, 6) is 0.630. The van der Waals surface area contributed by atoms with Crippen LogP contribution < -0.4 is 20.3 Å². The fraction of sp³-hybridized carbons (Fsp3) is 0.281. The van der Waals surface area contributed by atoms with Crippen molar-refractivity contribution in [2.45, 2.75) is 46.7 Å². The molecule has 41 heavy (non-hydrogen) atoms. The van der Waals surface area contributed by atoms with Crippen LogP contribution in [0.15, 0.2) is 72.9 Å². The third-order valence-corrected chi connectivity index (χ3v) is 7.72. The normalized spacial score (nSPS) is 16.9. The Morgan fingerprint density at radius 3 is 2.46 bits per heavy atom. The average Bonchev–Trinajstić information content (AvgIpc) is 3.44. The van der Waals surface area contributed by atoms with Crippen LogP contribution >= 0.6 is 12.2 Å². The van der Waals surface area contributed by atoms with Crippen LogP contribution in [0.4, 0.5) is 11.4 Å². The summed E-state index contributed by atoms with van der Waals surface area (Å²) in [6.45, 7) is 9.68. The number of anilines is 2. The van der Waals surface area contributed by atoms with Crippen molar-refractivity contribution in [1.82, 2.24) is 14.9 Å². The largest absolute Gasteiger partial charge is 0.506 e. The van der Waals surface area contributed by atoms with E-state index < -0.39 is 5.41 Å². The van der Waals surface area contributed by atoms with Gasteiger partial charge in [-0.25, -0.2) is 0 Å². The molecule has 1 aliphatic rings. The van der Waals surface area contributed by atoms with Gasteiger partial charge in [0.05, 0.1) is 36.3 Å². The van der Waals surface area contributed by atoms with Gasteiger partial charge in [-0.1, -0.05) is 39.0 Å². The number of nitrogens with one attached hydrogen (secondary N) is 2. The summed E-state index contributed by atoms with van der Waals surface area (Å²) in [6, 6.07) is 20.5. The van der Waals surface area contributed by atoms with E-state index in [-0.39, 0.29) is 23.7 Å². The first-order valence-electron chi connectivity index (χ1n) is 13.5. The van der Waals surface area contributed by atoms with Gasteiger partial charge in [-0.15, -0.1) is 0 Å². The van der Waals surface area contributed by atoms with E-state index in [0.29, 0.717) is 22.2 Å². The van der Waals surface area contributed by atoms with Crippen molar-refractivity contribution in [3.63, 3.8) is 0 Å². The lowest BCUT2D eigenvalue weighted by atomic mass is 9.95. The van der Waals surface area contributed by atoms with Gasteiger partial charge in [-0.2, -0.15) is 0 Å². The maximum atomic E-state index is 12.7. The van der Waals surface area contributed by atoms with E-state index >= 15 is 0 Å². The number of thiocarbonyl (C=S) groups is 1. The van der Waals surface area contributed by atoms with Crippen LogP contribution in [0.25, 0.3) is 5.69 Å². The molecule has 1 amide bonds. The molecule has 0 spiro atoms. The predicted molar refractivity (Wildman–Crippen MR) is 166 cm³/mol. The van der Waals surface area contributed by atoms with Crippen molar-refractivity contribution in [2.75, 3.05) is 17.3 Å². The molecular weight excluding hydrogens is 534 g/mol. The summed E-state index contributed by atoms with van der Waals surface area (Å²) in [5.41, 5.74) is 5.41. The maximum Gasteiger partial charge on any atom is 0.229 e. The van der Waals surface area contributed by atoms with Crippen LogP contribution in [0.5, 0.6) is 11.5 Å². The number of para-hydroxylation sites is 2. The molecule has 0 bridgehead atoms. The van der Waals surface area contributed by atoms with Gasteiger partial charge in [0.15, 0.2) is 5.11 Å². The quantitative estimate of drug-likeness (QED) is 0.233. The Labute approximate surface area is 246 Å². The molecule has 3 N–H and O–H groups in total. The van der Waals surface area contributed by atoms with Gasteiger partial charge >= 0.3 is 0 Å². The Bertz CT molecular complexity index is 1610. The first kappa shape index (κ1) is 28.2. The predicted octanol–water partition coefficient (Wildman–Crippen LogP) is 6.37. The van der Waals surface area contributed by atoms with E-state index in [1.54, 1.807) is 19.4 Å². The summed E-state index contributed by atoms with van der Waals surface area (Å²) in [4.78, 5) is 19.4. The number of nitrogens with zero attached hydrogens (tertiary/aromatic N) is 3. The summed E-state index contributed by atoms with van der Waals surface area (Å²) in [5, 5.41) is 17.7. The number of carbonyl (C=O) groups excluding carboxylic acids is 1. The van der Waals surface area contributed by atoms with Crippen LogP contribution in [0.1, 0.15) is 55.5 Å². The molecule has 0 radical (unpaired) electrons. The molecular formula is C32H35N5O3S. The topological polar surface area (TPSA) is 91.7 Å². The highest BCUT2D eigenvalue weighted by atomic mass is 32.1. The van der Waals surface area contributed by atoms with Crippen LogP contribution in [0, 0.1) is 19.3 Å². The lowest BCUT2D eigenvalue weighted by Crippen LogP contribution is -2.30. The number of hydrogen-bond donors (Lipinski definition) is 3. The summed E-state index contributed by atoms with van der Waals surface area (Å²) < 4.78 is 7.78. The van der Waals surface area contributed by atoms with E-state index in [4.69, 9.17) is 17.0 Å². The number of benzene rings is 2. The molecule has 2 aromatic carbocycles. The second-order valence-electron chi connectivity index (χ2n) is 11.2. The molecule has 0 saturated carbocycles. The molecule has 8 nitrogen and oxygen atoms in total. The third kappa shape index (κ3) is 5.25. The van der Waals surface area contributed by atoms with Gasteiger partial charge in [0.1, 0.15) is 11.5 Å². The number of phenolic OH excluding ortho intramolecular Hbond substituents is 1. The monoisotopic (exact) mass is 569 g/mol. The Kier molecular flexibility index (Phi) is 7.48. The molecule has 0 aliphatic carbocycles. The Hall–Kier alpha value is -4.37. The minimum Gasteiger partial charge on any atom is -0.506 e. The molecule has 2 aromatic heterocycles. The maximum absolute atomic E-state index is 12.7. The number of aromatic nitrogens is 2. The molecule has 1 saturated heterocycles. The Balaban J connectivity index is 1.64. The average molecular weight is 570 g/mol. The second-order valence-corrected chi connectivity index (χ2v) is 11.6. The third-order valence-electron chi connectivity index (χ3n) is 7.40. The molecule has 2 atom stereocenters. The molecule has 1 aliphatic heterocycles. The first-order valence-corrected chi connectivity index (χ1v) is 13.9.